The van der Waals surface area contributed by atoms with Gasteiger partial charge in [-0.3, -0.25) is 4.98 Å². The Labute approximate surface area is 116 Å². The summed E-state index contributed by atoms with van der Waals surface area (Å²) in [4.78, 5) is 4.33. The molecule has 1 aromatic heterocycles. The molecule has 3 rings (SSSR count). The van der Waals surface area contributed by atoms with Crippen molar-refractivity contribution in [3.8, 4) is 11.5 Å². The number of hydrogen-bond donors (Lipinski definition) is 2. The molecule has 4 heteroatoms. The Kier molecular flexibility index (Phi) is 3.23. The van der Waals surface area contributed by atoms with Crippen molar-refractivity contribution in [3.05, 3.63) is 60.3 Å². The quantitative estimate of drug-likeness (QED) is 0.715. The third-order valence-electron chi connectivity index (χ3n) is 3.13. The first-order chi connectivity index (χ1) is 9.79. The van der Waals surface area contributed by atoms with E-state index in [0.717, 1.165) is 10.9 Å². The van der Waals surface area contributed by atoms with Gasteiger partial charge < -0.3 is 15.6 Å². The molecule has 0 bridgehead atoms. The monoisotopic (exact) mass is 266 g/mol. The number of pyridine rings is 1. The normalized spacial score (nSPS) is 10.7. The first kappa shape index (κ1) is 12.4. The summed E-state index contributed by atoms with van der Waals surface area (Å²) in [6.07, 6.45) is 1.70. The lowest BCUT2D eigenvalue weighted by Gasteiger charge is -2.12. The molecule has 3 N–H and O–H groups in total. The predicted molar refractivity (Wildman–Crippen MR) is 78.6 cm³/mol. The van der Waals surface area contributed by atoms with Gasteiger partial charge in [0.2, 0.25) is 0 Å². The van der Waals surface area contributed by atoms with Gasteiger partial charge in [0.05, 0.1) is 6.61 Å². The highest BCUT2D eigenvalue weighted by Crippen LogP contribution is 2.32. The van der Waals surface area contributed by atoms with Crippen LogP contribution in [-0.4, -0.2) is 10.1 Å². The highest BCUT2D eigenvalue weighted by Gasteiger charge is 2.09. The van der Waals surface area contributed by atoms with Crippen LogP contribution in [0, 0.1) is 0 Å². The lowest BCUT2D eigenvalue weighted by atomic mass is 10.1. The van der Waals surface area contributed by atoms with E-state index in [-0.39, 0.29) is 6.61 Å². The fourth-order valence-corrected chi connectivity index (χ4v) is 2.10. The minimum atomic E-state index is -0.0729. The SMILES string of the molecule is Nc1ccc(Oc2ccccc2CO)c2ncccc12. The van der Waals surface area contributed by atoms with E-state index in [1.54, 1.807) is 18.3 Å². The Hall–Kier alpha value is -2.59. The van der Waals surface area contributed by atoms with E-state index < -0.39 is 0 Å². The minimum Gasteiger partial charge on any atom is -0.455 e. The largest absolute Gasteiger partial charge is 0.455 e. The Morgan fingerprint density at radius 3 is 2.70 bits per heavy atom. The Morgan fingerprint density at radius 2 is 1.85 bits per heavy atom. The van der Waals surface area contributed by atoms with Crippen LogP contribution in [0.1, 0.15) is 5.56 Å². The third kappa shape index (κ3) is 2.17. The number of fused-ring (bicyclic) bond motifs is 1. The Bertz CT molecular complexity index is 756. The molecule has 0 aliphatic rings. The second-order valence-electron chi connectivity index (χ2n) is 4.42. The van der Waals surface area contributed by atoms with Crippen LogP contribution in [0.5, 0.6) is 11.5 Å². The number of nitrogen functional groups attached to an aromatic ring is 1. The first-order valence-electron chi connectivity index (χ1n) is 6.29. The summed E-state index contributed by atoms with van der Waals surface area (Å²) in [5.74, 6) is 1.24. The number of nitrogens with two attached hydrogens (primary N) is 1. The number of aromatic nitrogens is 1. The van der Waals surface area contributed by atoms with E-state index in [0.29, 0.717) is 22.7 Å². The lowest BCUT2D eigenvalue weighted by molar-refractivity contribution is 0.276. The molecule has 0 saturated carbocycles. The fourth-order valence-electron chi connectivity index (χ4n) is 2.10. The number of anilines is 1. The van der Waals surface area contributed by atoms with Crippen LogP contribution in [0.3, 0.4) is 0 Å². The van der Waals surface area contributed by atoms with Crippen molar-refractivity contribution < 1.29 is 9.84 Å². The molecule has 0 radical (unpaired) electrons. The zero-order chi connectivity index (χ0) is 13.9. The van der Waals surface area contributed by atoms with Gasteiger partial charge >= 0.3 is 0 Å². The minimum absolute atomic E-state index is 0.0729. The second kappa shape index (κ2) is 5.19. The molecule has 0 amide bonds. The van der Waals surface area contributed by atoms with Crippen molar-refractivity contribution >= 4 is 16.6 Å². The first-order valence-corrected chi connectivity index (χ1v) is 6.29. The standard InChI is InChI=1S/C16H14N2O2/c17-13-7-8-15(16-12(13)5-3-9-18-16)20-14-6-2-1-4-11(14)10-19/h1-9,19H,10,17H2. The Morgan fingerprint density at radius 1 is 1.00 bits per heavy atom. The number of benzene rings is 2. The zero-order valence-electron chi connectivity index (χ0n) is 10.8. The molecular formula is C16H14N2O2. The van der Waals surface area contributed by atoms with Gasteiger partial charge in [-0.1, -0.05) is 18.2 Å². The topological polar surface area (TPSA) is 68.4 Å². The summed E-state index contributed by atoms with van der Waals surface area (Å²) < 4.78 is 5.89. The van der Waals surface area contributed by atoms with Crippen molar-refractivity contribution in [3.63, 3.8) is 0 Å². The van der Waals surface area contributed by atoms with E-state index in [2.05, 4.69) is 4.98 Å². The average Bonchev–Trinajstić information content (AvgIpc) is 2.51. The molecule has 0 saturated heterocycles. The van der Waals surface area contributed by atoms with Crippen LogP contribution in [0.2, 0.25) is 0 Å². The van der Waals surface area contributed by atoms with Crippen molar-refractivity contribution in [1.82, 2.24) is 4.98 Å². The van der Waals surface area contributed by atoms with Crippen molar-refractivity contribution in [1.29, 1.82) is 0 Å². The number of para-hydroxylation sites is 1. The van der Waals surface area contributed by atoms with Gasteiger partial charge in [0, 0.05) is 22.8 Å². The molecule has 0 atom stereocenters. The smallest absolute Gasteiger partial charge is 0.153 e. The number of rotatable bonds is 3. The van der Waals surface area contributed by atoms with Gasteiger partial charge in [-0.15, -0.1) is 0 Å². The molecular weight excluding hydrogens is 252 g/mol. The summed E-state index contributed by atoms with van der Waals surface area (Å²) in [7, 11) is 0. The van der Waals surface area contributed by atoms with Gasteiger partial charge in [-0.05, 0) is 30.3 Å². The maximum Gasteiger partial charge on any atom is 0.153 e. The molecule has 100 valence electrons. The van der Waals surface area contributed by atoms with E-state index in [1.807, 2.05) is 36.4 Å². The molecule has 0 unspecified atom stereocenters. The highest BCUT2D eigenvalue weighted by atomic mass is 16.5. The number of ether oxygens (including phenoxy) is 1. The summed E-state index contributed by atoms with van der Waals surface area (Å²) in [6.45, 7) is -0.0729. The Balaban J connectivity index is 2.09. The number of hydrogen-bond acceptors (Lipinski definition) is 4. The summed E-state index contributed by atoms with van der Waals surface area (Å²) >= 11 is 0. The van der Waals surface area contributed by atoms with Crippen molar-refractivity contribution in [2.45, 2.75) is 6.61 Å². The molecule has 20 heavy (non-hydrogen) atoms. The zero-order valence-corrected chi connectivity index (χ0v) is 10.8. The van der Waals surface area contributed by atoms with Gasteiger partial charge in [-0.25, -0.2) is 0 Å². The summed E-state index contributed by atoms with van der Waals surface area (Å²) in [5.41, 5.74) is 8.04. The van der Waals surface area contributed by atoms with Crippen molar-refractivity contribution in [2.75, 3.05) is 5.73 Å². The molecule has 0 fully saturated rings. The molecule has 0 aliphatic carbocycles. The van der Waals surface area contributed by atoms with E-state index in [9.17, 15) is 5.11 Å². The lowest BCUT2D eigenvalue weighted by Crippen LogP contribution is -1.95. The second-order valence-corrected chi connectivity index (χ2v) is 4.42. The summed E-state index contributed by atoms with van der Waals surface area (Å²) in [5, 5.41) is 10.2. The van der Waals surface area contributed by atoms with Crippen LogP contribution < -0.4 is 10.5 Å². The average molecular weight is 266 g/mol. The van der Waals surface area contributed by atoms with Gasteiger partial charge in [-0.2, -0.15) is 0 Å². The molecule has 2 aromatic carbocycles. The molecule has 1 heterocycles. The van der Waals surface area contributed by atoms with Gasteiger partial charge in [0.1, 0.15) is 11.3 Å². The molecule has 3 aromatic rings. The van der Waals surface area contributed by atoms with Crippen LogP contribution in [-0.2, 0) is 6.61 Å². The van der Waals surface area contributed by atoms with Gasteiger partial charge in [0.25, 0.3) is 0 Å². The molecule has 0 aliphatic heterocycles. The molecule has 0 spiro atoms. The van der Waals surface area contributed by atoms with Crippen LogP contribution in [0.25, 0.3) is 10.9 Å². The maximum atomic E-state index is 9.34. The molecule has 4 nitrogen and oxygen atoms in total. The maximum absolute atomic E-state index is 9.34. The van der Waals surface area contributed by atoms with E-state index in [1.165, 1.54) is 0 Å². The van der Waals surface area contributed by atoms with E-state index in [4.69, 9.17) is 10.5 Å². The number of nitrogens with zero attached hydrogens (tertiary/aromatic N) is 1. The third-order valence-corrected chi connectivity index (χ3v) is 3.13. The van der Waals surface area contributed by atoms with E-state index >= 15 is 0 Å². The fraction of sp³-hybridized carbons (Fsp3) is 0.0625. The number of aliphatic hydroxyl groups is 1. The van der Waals surface area contributed by atoms with Gasteiger partial charge in [0.15, 0.2) is 5.75 Å². The van der Waals surface area contributed by atoms with Crippen LogP contribution in [0.4, 0.5) is 5.69 Å². The van der Waals surface area contributed by atoms with Crippen LogP contribution in [0.15, 0.2) is 54.7 Å². The van der Waals surface area contributed by atoms with Crippen molar-refractivity contribution in [2.24, 2.45) is 0 Å². The highest BCUT2D eigenvalue weighted by molar-refractivity contribution is 5.94. The number of aliphatic hydroxyl groups excluding tert-OH is 1. The van der Waals surface area contributed by atoms with Crippen LogP contribution >= 0.6 is 0 Å². The summed E-state index contributed by atoms with van der Waals surface area (Å²) in [6, 6.07) is 14.7. The predicted octanol–water partition coefficient (Wildman–Crippen LogP) is 3.10.